The lowest BCUT2D eigenvalue weighted by molar-refractivity contribution is 0.620. The highest BCUT2D eigenvalue weighted by Crippen LogP contribution is 2.33. The Morgan fingerprint density at radius 2 is 1.76 bits per heavy atom. The van der Waals surface area contributed by atoms with Gasteiger partial charge in [-0.15, -0.1) is 0 Å². The highest BCUT2D eigenvalue weighted by atomic mass is 79.9. The molecule has 1 unspecified atom stereocenters. The van der Waals surface area contributed by atoms with Crippen LogP contribution >= 0.6 is 31.9 Å². The molecule has 17 heavy (non-hydrogen) atoms. The Hall–Kier alpha value is -0.670. The van der Waals surface area contributed by atoms with Crippen molar-refractivity contribution in [2.45, 2.75) is 11.8 Å². The van der Waals surface area contributed by atoms with Crippen molar-refractivity contribution < 1.29 is 4.39 Å². The summed E-state index contributed by atoms with van der Waals surface area (Å²) in [5.41, 5.74) is 3.42. The molecule has 0 nitrogen and oxygen atoms in total. The largest absolute Gasteiger partial charge is 0.206 e. The molecule has 2 aromatic carbocycles. The van der Waals surface area contributed by atoms with Crippen LogP contribution in [0.4, 0.5) is 4.39 Å². The molecule has 0 saturated carbocycles. The molecule has 0 bridgehead atoms. The van der Waals surface area contributed by atoms with Gasteiger partial charge in [0.05, 0.1) is 9.30 Å². The van der Waals surface area contributed by atoms with E-state index in [2.05, 4.69) is 57.0 Å². The van der Waals surface area contributed by atoms with Crippen LogP contribution in [-0.2, 0) is 0 Å². The van der Waals surface area contributed by atoms with Crippen LogP contribution in [0, 0.1) is 12.7 Å². The maximum atomic E-state index is 13.2. The fourth-order valence-electron chi connectivity index (χ4n) is 1.69. The van der Waals surface area contributed by atoms with E-state index in [-0.39, 0.29) is 10.6 Å². The van der Waals surface area contributed by atoms with E-state index in [9.17, 15) is 4.39 Å². The van der Waals surface area contributed by atoms with Crippen molar-refractivity contribution in [2.24, 2.45) is 0 Å². The molecule has 0 amide bonds. The summed E-state index contributed by atoms with van der Waals surface area (Å²) >= 11 is 6.85. The second kappa shape index (κ2) is 5.32. The van der Waals surface area contributed by atoms with E-state index < -0.39 is 0 Å². The van der Waals surface area contributed by atoms with Crippen molar-refractivity contribution in [1.29, 1.82) is 0 Å². The minimum atomic E-state index is -0.238. The minimum Gasteiger partial charge on any atom is -0.206 e. The molecular weight excluding hydrogens is 347 g/mol. The zero-order valence-electron chi connectivity index (χ0n) is 9.25. The van der Waals surface area contributed by atoms with Gasteiger partial charge in [-0.3, -0.25) is 0 Å². The van der Waals surface area contributed by atoms with Crippen LogP contribution in [0.5, 0.6) is 0 Å². The highest BCUT2D eigenvalue weighted by Gasteiger charge is 2.11. The Balaban J connectivity index is 2.36. The molecule has 2 aromatic rings. The number of aryl methyl sites for hydroxylation is 1. The lowest BCUT2D eigenvalue weighted by atomic mass is 10.0. The fraction of sp³-hybridized carbons (Fsp3) is 0.143. The minimum absolute atomic E-state index is 0.0827. The molecule has 0 aliphatic rings. The normalized spacial score (nSPS) is 12.5. The Morgan fingerprint density at radius 3 is 2.41 bits per heavy atom. The first-order valence-corrected chi connectivity index (χ1v) is 6.94. The summed E-state index contributed by atoms with van der Waals surface area (Å²) in [7, 11) is 0. The second-order valence-corrected chi connectivity index (χ2v) is 5.72. The van der Waals surface area contributed by atoms with Crippen LogP contribution in [0.2, 0.25) is 0 Å². The SMILES string of the molecule is Cc1cccc(C(Br)c2ccc(F)c(Br)c2)c1. The average molecular weight is 358 g/mol. The van der Waals surface area contributed by atoms with Gasteiger partial charge in [0, 0.05) is 0 Å². The van der Waals surface area contributed by atoms with Gasteiger partial charge in [-0.1, -0.05) is 51.8 Å². The third-order valence-corrected chi connectivity index (χ3v) is 4.24. The van der Waals surface area contributed by atoms with E-state index in [0.717, 1.165) is 5.56 Å². The molecule has 0 N–H and O–H groups in total. The Bertz CT molecular complexity index is 537. The molecular formula is C14H11Br2F. The molecule has 0 aliphatic carbocycles. The molecule has 0 aromatic heterocycles. The Morgan fingerprint density at radius 1 is 1.06 bits per heavy atom. The number of hydrogen-bond donors (Lipinski definition) is 0. The smallest absolute Gasteiger partial charge is 0.137 e. The lowest BCUT2D eigenvalue weighted by Crippen LogP contribution is -1.94. The van der Waals surface area contributed by atoms with Gasteiger partial charge in [-0.05, 0) is 46.1 Å². The maximum Gasteiger partial charge on any atom is 0.137 e. The predicted molar refractivity (Wildman–Crippen MR) is 76.0 cm³/mol. The van der Waals surface area contributed by atoms with E-state index in [1.165, 1.54) is 17.2 Å². The third-order valence-electron chi connectivity index (χ3n) is 2.57. The third kappa shape index (κ3) is 2.96. The van der Waals surface area contributed by atoms with Gasteiger partial charge < -0.3 is 0 Å². The summed E-state index contributed by atoms with van der Waals surface area (Å²) in [5, 5.41) is 0. The van der Waals surface area contributed by atoms with Gasteiger partial charge in [-0.2, -0.15) is 0 Å². The van der Waals surface area contributed by atoms with Gasteiger partial charge in [0.1, 0.15) is 5.82 Å². The van der Waals surface area contributed by atoms with E-state index in [4.69, 9.17) is 0 Å². The van der Waals surface area contributed by atoms with Crippen LogP contribution in [0.15, 0.2) is 46.9 Å². The second-order valence-electron chi connectivity index (χ2n) is 3.95. The van der Waals surface area contributed by atoms with Crippen LogP contribution in [0.25, 0.3) is 0 Å². The van der Waals surface area contributed by atoms with E-state index in [0.29, 0.717) is 4.47 Å². The van der Waals surface area contributed by atoms with Crippen LogP contribution in [0.3, 0.4) is 0 Å². The number of alkyl halides is 1. The molecule has 0 aliphatic heterocycles. The summed E-state index contributed by atoms with van der Waals surface area (Å²) < 4.78 is 13.7. The molecule has 88 valence electrons. The average Bonchev–Trinajstić information content (AvgIpc) is 2.32. The quantitative estimate of drug-likeness (QED) is 0.633. The predicted octanol–water partition coefficient (Wildman–Crippen LogP) is 5.38. The van der Waals surface area contributed by atoms with Gasteiger partial charge in [0.2, 0.25) is 0 Å². The highest BCUT2D eigenvalue weighted by molar-refractivity contribution is 9.10. The van der Waals surface area contributed by atoms with Crippen molar-refractivity contribution in [1.82, 2.24) is 0 Å². The van der Waals surface area contributed by atoms with Crippen molar-refractivity contribution in [3.8, 4) is 0 Å². The number of halogens is 3. The number of hydrogen-bond acceptors (Lipinski definition) is 0. The van der Waals surface area contributed by atoms with E-state index >= 15 is 0 Å². The van der Waals surface area contributed by atoms with Gasteiger partial charge in [0.25, 0.3) is 0 Å². The lowest BCUT2D eigenvalue weighted by Gasteiger charge is -2.12. The molecule has 0 heterocycles. The number of rotatable bonds is 2. The first-order chi connectivity index (χ1) is 8.08. The monoisotopic (exact) mass is 356 g/mol. The van der Waals surface area contributed by atoms with E-state index in [1.54, 1.807) is 12.1 Å². The van der Waals surface area contributed by atoms with Gasteiger partial charge >= 0.3 is 0 Å². The van der Waals surface area contributed by atoms with E-state index in [1.807, 2.05) is 6.07 Å². The summed E-state index contributed by atoms with van der Waals surface area (Å²) in [4.78, 5) is 0.0827. The molecule has 1 atom stereocenters. The van der Waals surface area contributed by atoms with Crippen molar-refractivity contribution >= 4 is 31.9 Å². The maximum absolute atomic E-state index is 13.2. The Labute approximate surface area is 117 Å². The standard InChI is InChI=1S/C14H11Br2F/c1-9-3-2-4-10(7-9)14(16)11-5-6-13(17)12(15)8-11/h2-8,14H,1H3. The summed E-state index contributed by atoms with van der Waals surface area (Å²) in [6.07, 6.45) is 0. The molecule has 2 rings (SSSR count). The molecule has 0 saturated heterocycles. The molecule has 0 radical (unpaired) electrons. The summed E-state index contributed by atoms with van der Waals surface area (Å²) in [5.74, 6) is -0.238. The summed E-state index contributed by atoms with van der Waals surface area (Å²) in [6.45, 7) is 2.06. The summed E-state index contributed by atoms with van der Waals surface area (Å²) in [6, 6.07) is 13.3. The number of benzene rings is 2. The topological polar surface area (TPSA) is 0 Å². The zero-order valence-corrected chi connectivity index (χ0v) is 12.4. The molecule has 3 heteroatoms. The van der Waals surface area contributed by atoms with Crippen molar-refractivity contribution in [2.75, 3.05) is 0 Å². The van der Waals surface area contributed by atoms with Crippen LogP contribution in [-0.4, -0.2) is 0 Å². The Kier molecular flexibility index (Phi) is 4.00. The zero-order chi connectivity index (χ0) is 12.4. The van der Waals surface area contributed by atoms with Crippen LogP contribution in [0.1, 0.15) is 21.5 Å². The van der Waals surface area contributed by atoms with Crippen molar-refractivity contribution in [3.63, 3.8) is 0 Å². The molecule has 0 fully saturated rings. The van der Waals surface area contributed by atoms with Gasteiger partial charge in [-0.25, -0.2) is 4.39 Å². The molecule has 0 spiro atoms. The van der Waals surface area contributed by atoms with Crippen LogP contribution < -0.4 is 0 Å². The van der Waals surface area contributed by atoms with Gasteiger partial charge in [0.15, 0.2) is 0 Å². The fourth-order valence-corrected chi connectivity index (χ4v) is 2.66. The first kappa shape index (κ1) is 12.8. The van der Waals surface area contributed by atoms with Crippen molar-refractivity contribution in [3.05, 3.63) is 69.4 Å². The first-order valence-electron chi connectivity index (χ1n) is 5.23.